The van der Waals surface area contributed by atoms with E-state index in [0.29, 0.717) is 17.2 Å². The third-order valence-electron chi connectivity index (χ3n) is 2.96. The van der Waals surface area contributed by atoms with Crippen LogP contribution in [0.4, 0.5) is 5.00 Å². The first-order valence-corrected chi connectivity index (χ1v) is 7.04. The number of anilines is 1. The minimum Gasteiger partial charge on any atom is -0.462 e. The molecule has 4 heteroatoms. The highest BCUT2D eigenvalue weighted by atomic mass is 32.1. The molecule has 2 aromatic rings. The van der Waals surface area contributed by atoms with Crippen LogP contribution in [0.3, 0.4) is 0 Å². The lowest BCUT2D eigenvalue weighted by molar-refractivity contribution is 0.0527. The summed E-state index contributed by atoms with van der Waals surface area (Å²) in [5.41, 5.74) is 8.62. The van der Waals surface area contributed by atoms with Crippen molar-refractivity contribution in [2.45, 2.75) is 20.3 Å². The summed E-state index contributed by atoms with van der Waals surface area (Å²) in [6, 6.07) is 10.1. The van der Waals surface area contributed by atoms with Crippen molar-refractivity contribution < 1.29 is 9.53 Å². The number of ether oxygens (including phenoxy) is 1. The predicted molar refractivity (Wildman–Crippen MR) is 78.7 cm³/mol. The summed E-state index contributed by atoms with van der Waals surface area (Å²) < 4.78 is 5.04. The topological polar surface area (TPSA) is 52.3 Å². The van der Waals surface area contributed by atoms with Crippen molar-refractivity contribution in [3.05, 3.63) is 51.9 Å². The smallest absolute Gasteiger partial charge is 0.341 e. The highest BCUT2D eigenvalue weighted by molar-refractivity contribution is 7.16. The molecule has 0 bridgehead atoms. The van der Waals surface area contributed by atoms with Crippen molar-refractivity contribution in [1.82, 2.24) is 0 Å². The molecule has 0 aliphatic heterocycles. The summed E-state index contributed by atoms with van der Waals surface area (Å²) in [4.78, 5) is 13.0. The number of carbonyl (C=O) groups excluding carboxylic acids is 1. The van der Waals surface area contributed by atoms with Crippen LogP contribution in [0.15, 0.2) is 30.3 Å². The molecule has 0 saturated heterocycles. The molecule has 0 spiro atoms. The van der Waals surface area contributed by atoms with E-state index in [2.05, 4.69) is 12.1 Å². The van der Waals surface area contributed by atoms with Crippen LogP contribution in [0, 0.1) is 6.92 Å². The first kappa shape index (κ1) is 13.6. The number of benzene rings is 1. The second-order valence-corrected chi connectivity index (χ2v) is 5.41. The van der Waals surface area contributed by atoms with Crippen LogP contribution in [0.2, 0.25) is 0 Å². The standard InChI is InChI=1S/C15H17NO2S/c1-3-18-15(17)13-10(2)12(19-14(13)16)9-11-7-5-4-6-8-11/h4-8H,3,9,16H2,1-2H3. The van der Waals surface area contributed by atoms with Gasteiger partial charge in [0, 0.05) is 11.3 Å². The second-order valence-electron chi connectivity index (χ2n) is 4.27. The van der Waals surface area contributed by atoms with E-state index < -0.39 is 0 Å². The van der Waals surface area contributed by atoms with Gasteiger partial charge in [-0.05, 0) is 25.0 Å². The molecule has 2 rings (SSSR count). The maximum absolute atomic E-state index is 11.9. The van der Waals surface area contributed by atoms with Gasteiger partial charge in [-0.25, -0.2) is 4.79 Å². The fourth-order valence-corrected chi connectivity index (χ4v) is 3.09. The van der Waals surface area contributed by atoms with E-state index in [-0.39, 0.29) is 5.97 Å². The predicted octanol–water partition coefficient (Wildman–Crippen LogP) is 3.41. The quantitative estimate of drug-likeness (QED) is 0.870. The zero-order valence-electron chi connectivity index (χ0n) is 11.1. The van der Waals surface area contributed by atoms with Gasteiger partial charge in [-0.3, -0.25) is 0 Å². The first-order valence-electron chi connectivity index (χ1n) is 6.22. The SMILES string of the molecule is CCOC(=O)c1c(N)sc(Cc2ccccc2)c1C. The Morgan fingerprint density at radius 2 is 2.00 bits per heavy atom. The Bertz CT molecular complexity index is 575. The van der Waals surface area contributed by atoms with Gasteiger partial charge in [-0.1, -0.05) is 30.3 Å². The zero-order chi connectivity index (χ0) is 13.8. The van der Waals surface area contributed by atoms with Crippen molar-refractivity contribution in [1.29, 1.82) is 0 Å². The Morgan fingerprint density at radius 1 is 1.32 bits per heavy atom. The maximum Gasteiger partial charge on any atom is 0.341 e. The number of hydrogen-bond donors (Lipinski definition) is 1. The fraction of sp³-hybridized carbons (Fsp3) is 0.267. The molecule has 19 heavy (non-hydrogen) atoms. The van der Waals surface area contributed by atoms with Crippen LogP contribution in [-0.2, 0) is 11.2 Å². The van der Waals surface area contributed by atoms with E-state index in [1.54, 1.807) is 6.92 Å². The number of nitrogens with two attached hydrogens (primary N) is 1. The lowest BCUT2D eigenvalue weighted by Crippen LogP contribution is -2.07. The molecule has 1 heterocycles. The van der Waals surface area contributed by atoms with Crippen molar-refractivity contribution in [3.63, 3.8) is 0 Å². The van der Waals surface area contributed by atoms with Crippen LogP contribution >= 0.6 is 11.3 Å². The van der Waals surface area contributed by atoms with E-state index in [0.717, 1.165) is 16.9 Å². The van der Waals surface area contributed by atoms with Gasteiger partial charge in [0.1, 0.15) is 5.00 Å². The first-order chi connectivity index (χ1) is 9.13. The molecule has 100 valence electrons. The largest absolute Gasteiger partial charge is 0.462 e. The normalized spacial score (nSPS) is 10.4. The lowest BCUT2D eigenvalue weighted by atomic mass is 10.1. The second kappa shape index (κ2) is 5.89. The summed E-state index contributed by atoms with van der Waals surface area (Å²) in [6.07, 6.45) is 0.793. The van der Waals surface area contributed by atoms with Gasteiger partial charge in [0.25, 0.3) is 0 Å². The van der Waals surface area contributed by atoms with Gasteiger partial charge in [-0.15, -0.1) is 11.3 Å². The fourth-order valence-electron chi connectivity index (χ4n) is 1.99. The summed E-state index contributed by atoms with van der Waals surface area (Å²) in [5, 5.41) is 0.543. The van der Waals surface area contributed by atoms with Gasteiger partial charge < -0.3 is 10.5 Å². The number of nitrogen functional groups attached to an aromatic ring is 1. The van der Waals surface area contributed by atoms with E-state index in [1.165, 1.54) is 16.9 Å². The van der Waals surface area contributed by atoms with Crippen molar-refractivity contribution in [2.75, 3.05) is 12.3 Å². The van der Waals surface area contributed by atoms with E-state index >= 15 is 0 Å². The van der Waals surface area contributed by atoms with E-state index in [1.807, 2.05) is 25.1 Å². The Morgan fingerprint density at radius 3 is 2.63 bits per heavy atom. The molecule has 0 unspecified atom stereocenters. The van der Waals surface area contributed by atoms with Crippen molar-refractivity contribution >= 4 is 22.3 Å². The van der Waals surface area contributed by atoms with Gasteiger partial charge in [0.2, 0.25) is 0 Å². The Labute approximate surface area is 117 Å². The number of hydrogen-bond acceptors (Lipinski definition) is 4. The summed E-state index contributed by atoms with van der Waals surface area (Å²) >= 11 is 1.47. The molecular formula is C15H17NO2S. The average Bonchev–Trinajstić information content (AvgIpc) is 2.66. The summed E-state index contributed by atoms with van der Waals surface area (Å²) in [5.74, 6) is -0.326. The summed E-state index contributed by atoms with van der Waals surface area (Å²) in [6.45, 7) is 4.08. The molecule has 0 amide bonds. The minimum atomic E-state index is -0.326. The third kappa shape index (κ3) is 2.96. The maximum atomic E-state index is 11.9. The Hall–Kier alpha value is -1.81. The Balaban J connectivity index is 2.29. The van der Waals surface area contributed by atoms with E-state index in [4.69, 9.17) is 10.5 Å². The minimum absolute atomic E-state index is 0.326. The molecule has 1 aromatic carbocycles. The van der Waals surface area contributed by atoms with Gasteiger partial charge in [-0.2, -0.15) is 0 Å². The number of carbonyl (C=O) groups is 1. The molecule has 1 aromatic heterocycles. The molecule has 0 radical (unpaired) electrons. The molecule has 0 aliphatic carbocycles. The highest BCUT2D eigenvalue weighted by Gasteiger charge is 2.20. The molecular weight excluding hydrogens is 258 g/mol. The molecule has 0 aliphatic rings. The molecule has 0 atom stereocenters. The van der Waals surface area contributed by atoms with Crippen LogP contribution in [0.5, 0.6) is 0 Å². The van der Waals surface area contributed by atoms with Crippen LogP contribution in [-0.4, -0.2) is 12.6 Å². The molecule has 2 N–H and O–H groups in total. The summed E-state index contributed by atoms with van der Waals surface area (Å²) in [7, 11) is 0. The number of rotatable bonds is 4. The molecule has 0 fully saturated rings. The zero-order valence-corrected chi connectivity index (χ0v) is 11.9. The third-order valence-corrected chi connectivity index (χ3v) is 4.08. The number of thiophene rings is 1. The van der Waals surface area contributed by atoms with Crippen LogP contribution in [0.25, 0.3) is 0 Å². The highest BCUT2D eigenvalue weighted by Crippen LogP contribution is 2.32. The average molecular weight is 275 g/mol. The number of esters is 1. The van der Waals surface area contributed by atoms with E-state index in [9.17, 15) is 4.79 Å². The monoisotopic (exact) mass is 275 g/mol. The van der Waals surface area contributed by atoms with Gasteiger partial charge in [0.15, 0.2) is 0 Å². The van der Waals surface area contributed by atoms with Gasteiger partial charge >= 0.3 is 5.97 Å². The van der Waals surface area contributed by atoms with Crippen molar-refractivity contribution in [3.8, 4) is 0 Å². The van der Waals surface area contributed by atoms with Crippen LogP contribution < -0.4 is 5.73 Å². The molecule has 3 nitrogen and oxygen atoms in total. The lowest BCUT2D eigenvalue weighted by Gasteiger charge is -2.03. The van der Waals surface area contributed by atoms with Crippen molar-refractivity contribution in [2.24, 2.45) is 0 Å². The molecule has 0 saturated carbocycles. The van der Waals surface area contributed by atoms with Gasteiger partial charge in [0.05, 0.1) is 12.2 Å². The van der Waals surface area contributed by atoms with Crippen LogP contribution in [0.1, 0.15) is 33.3 Å². The Kier molecular flexibility index (Phi) is 4.22.